The molecule has 5 aromatic rings. The Kier molecular flexibility index (Phi) is 9.88. The van der Waals surface area contributed by atoms with Gasteiger partial charge in [-0.05, 0) is 70.3 Å². The predicted molar refractivity (Wildman–Crippen MR) is 209 cm³/mol. The molecule has 0 spiro atoms. The number of esters is 1. The number of hydrogen-bond donors (Lipinski definition) is 1. The average molecular weight is 746 g/mol. The molecule has 1 saturated heterocycles. The molecule has 1 aliphatic heterocycles. The van der Waals surface area contributed by atoms with Crippen LogP contribution in [0, 0.1) is 23.7 Å². The van der Waals surface area contributed by atoms with Crippen molar-refractivity contribution in [1.82, 2.24) is 14.9 Å². The van der Waals surface area contributed by atoms with Crippen LogP contribution in [-0.4, -0.2) is 65.1 Å². The number of likely N-dealkylation sites (tertiary alicyclic amines) is 1. The Morgan fingerprint density at radius 1 is 0.804 bits per heavy atom. The fraction of sp³-hybridized carbons (Fsp3) is 0.196. The van der Waals surface area contributed by atoms with Gasteiger partial charge in [-0.1, -0.05) is 84.9 Å². The Morgan fingerprint density at radius 3 is 2.16 bits per heavy atom. The third-order valence-corrected chi connectivity index (χ3v) is 10.9. The Bertz CT molecular complexity index is 2280. The number of amides is 2. The van der Waals surface area contributed by atoms with Crippen molar-refractivity contribution in [3.05, 3.63) is 179 Å². The van der Waals surface area contributed by atoms with E-state index in [1.807, 2.05) is 91.0 Å². The van der Waals surface area contributed by atoms with Crippen LogP contribution >= 0.6 is 0 Å². The maximum Gasteiger partial charge on any atom is 0.330 e. The maximum atomic E-state index is 14.6. The van der Waals surface area contributed by atoms with Gasteiger partial charge in [0.2, 0.25) is 11.8 Å². The van der Waals surface area contributed by atoms with Gasteiger partial charge in [0, 0.05) is 35.9 Å². The molecule has 2 aromatic heterocycles. The van der Waals surface area contributed by atoms with E-state index in [2.05, 4.69) is 4.98 Å². The fourth-order valence-corrected chi connectivity index (χ4v) is 8.54. The number of carbonyl (C=O) groups is 3. The number of carbonyl (C=O) groups excluding carboxylic acids is 3. The van der Waals surface area contributed by atoms with E-state index in [0.29, 0.717) is 39.6 Å². The number of rotatable bonds is 12. The molecule has 3 aliphatic rings. The highest BCUT2D eigenvalue weighted by Crippen LogP contribution is 2.64. The van der Waals surface area contributed by atoms with Crippen molar-refractivity contribution in [2.75, 3.05) is 27.4 Å². The minimum Gasteiger partial charge on any atom is -0.493 e. The highest BCUT2D eigenvalue weighted by molar-refractivity contribution is 6.08. The highest BCUT2D eigenvalue weighted by atomic mass is 16.5. The summed E-state index contributed by atoms with van der Waals surface area (Å²) in [4.78, 5) is 52.4. The minimum absolute atomic E-state index is 0.108. The number of hydrogen-bond acceptors (Lipinski definition) is 9. The van der Waals surface area contributed by atoms with Gasteiger partial charge >= 0.3 is 5.97 Å². The first-order valence-electron chi connectivity index (χ1n) is 18.4. The van der Waals surface area contributed by atoms with Gasteiger partial charge < -0.3 is 19.3 Å². The maximum absolute atomic E-state index is 14.6. The minimum atomic E-state index is -1.73. The number of aromatic nitrogens is 2. The summed E-state index contributed by atoms with van der Waals surface area (Å²) in [5.74, 6) is -3.02. The molecule has 1 unspecified atom stereocenters. The Hall–Kier alpha value is -6.65. The molecule has 2 aliphatic carbocycles. The molecule has 8 rings (SSSR count). The van der Waals surface area contributed by atoms with E-state index in [0.717, 1.165) is 16.7 Å². The van der Waals surface area contributed by atoms with E-state index in [9.17, 15) is 19.5 Å². The van der Waals surface area contributed by atoms with E-state index in [-0.39, 0.29) is 25.0 Å². The van der Waals surface area contributed by atoms with E-state index >= 15 is 0 Å². The molecule has 56 heavy (non-hydrogen) atoms. The number of benzene rings is 3. The molecule has 2 fully saturated rings. The molecule has 1 saturated carbocycles. The molecule has 1 N–H and O–H groups in total. The van der Waals surface area contributed by atoms with Crippen LogP contribution in [0.3, 0.4) is 0 Å². The molecular weight excluding hydrogens is 707 g/mol. The predicted octanol–water partition coefficient (Wildman–Crippen LogP) is 6.28. The van der Waals surface area contributed by atoms with E-state index in [1.165, 1.54) is 18.1 Å². The van der Waals surface area contributed by atoms with Gasteiger partial charge in [-0.25, -0.2) is 4.79 Å². The van der Waals surface area contributed by atoms with E-state index < -0.39 is 35.2 Å². The second kappa shape index (κ2) is 15.2. The first kappa shape index (κ1) is 36.3. The molecule has 0 radical (unpaired) electrons. The second-order valence-electron chi connectivity index (χ2n) is 13.8. The van der Waals surface area contributed by atoms with Crippen LogP contribution in [0.4, 0.5) is 0 Å². The van der Waals surface area contributed by atoms with Crippen molar-refractivity contribution in [2.24, 2.45) is 23.7 Å². The SMILES string of the molecule is COc1ccc(/C=C/C(=O)OCCN2C(=O)[C@@H]3[C@@H]4C(C(O)(c5ccccc5)c5ccccn5)=C[C@@H](C4=C(c4ccccc4)c4ccccn4)[C@@H]3C2=O)cc1OC. The van der Waals surface area contributed by atoms with Gasteiger partial charge in [0.05, 0.1) is 44.0 Å². The largest absolute Gasteiger partial charge is 0.493 e. The van der Waals surface area contributed by atoms with E-state index in [4.69, 9.17) is 19.2 Å². The topological polar surface area (TPSA) is 128 Å². The number of nitrogens with zero attached hydrogens (tertiary/aromatic N) is 3. The molecular formula is C46H39N3O7. The van der Waals surface area contributed by atoms with Gasteiger partial charge in [-0.2, -0.15) is 0 Å². The third kappa shape index (κ3) is 6.27. The van der Waals surface area contributed by atoms with Crippen LogP contribution in [0.1, 0.15) is 28.1 Å². The van der Waals surface area contributed by atoms with Gasteiger partial charge in [-0.3, -0.25) is 24.5 Å². The summed E-state index contributed by atoms with van der Waals surface area (Å²) in [6.45, 7) is -0.293. The lowest BCUT2D eigenvalue weighted by atomic mass is 9.71. The summed E-state index contributed by atoms with van der Waals surface area (Å²) in [5, 5.41) is 13.1. The molecule has 3 heterocycles. The molecule has 3 aromatic carbocycles. The number of fused-ring (bicyclic) bond motifs is 5. The van der Waals surface area contributed by atoms with Crippen molar-refractivity contribution < 1.29 is 33.7 Å². The first-order valence-corrected chi connectivity index (χ1v) is 18.4. The van der Waals surface area contributed by atoms with Crippen molar-refractivity contribution in [1.29, 1.82) is 0 Å². The summed E-state index contributed by atoms with van der Waals surface area (Å²) in [6.07, 6.45) is 8.20. The zero-order valence-corrected chi connectivity index (χ0v) is 30.8. The summed E-state index contributed by atoms with van der Waals surface area (Å²) < 4.78 is 16.1. The molecule has 10 heteroatoms. The highest BCUT2D eigenvalue weighted by Gasteiger charge is 2.66. The second-order valence-corrected chi connectivity index (χ2v) is 13.8. The van der Waals surface area contributed by atoms with E-state index in [1.54, 1.807) is 55.9 Å². The Labute approximate surface area is 324 Å². The quantitative estimate of drug-likeness (QED) is 0.0680. The van der Waals surface area contributed by atoms with Crippen LogP contribution in [0.25, 0.3) is 11.6 Å². The zero-order valence-electron chi connectivity index (χ0n) is 30.8. The number of methoxy groups -OCH3 is 2. The molecule has 2 bridgehead atoms. The average Bonchev–Trinajstić information content (AvgIpc) is 3.87. The number of ether oxygens (including phenoxy) is 3. The summed E-state index contributed by atoms with van der Waals surface area (Å²) in [5.41, 5.74) is 3.82. The lowest BCUT2D eigenvalue weighted by Gasteiger charge is -2.36. The third-order valence-electron chi connectivity index (χ3n) is 10.9. The Morgan fingerprint density at radius 2 is 1.48 bits per heavy atom. The number of imide groups is 1. The van der Waals surface area contributed by atoms with Gasteiger partial charge in [-0.15, -0.1) is 0 Å². The lowest BCUT2D eigenvalue weighted by molar-refractivity contribution is -0.145. The standard InChI is InChI=1S/C46H39N3O7/c1-54-35-21-19-29(27-36(35)55-2)20-22-38(50)56-26-25-49-44(51)41-32-28-33(46(53,31-15-7-4-8-16-31)37-18-10-12-24-48-37)42(43(41)45(49)52)40(32)39(30-13-5-3-6-14-30)34-17-9-11-23-47-34/h3-24,27-28,32,41-43,53H,25-26H2,1-2H3/b22-20+,40-39?/t32-,41-,42+,43-,46?/m0/s1. The first-order chi connectivity index (χ1) is 27.3. The van der Waals surface area contributed by atoms with Gasteiger partial charge in [0.15, 0.2) is 17.1 Å². The van der Waals surface area contributed by atoms with Crippen molar-refractivity contribution in [3.63, 3.8) is 0 Å². The normalized spacial score (nSPS) is 21.8. The number of pyridine rings is 2. The van der Waals surface area contributed by atoms with Crippen LogP contribution in [0.5, 0.6) is 11.5 Å². The summed E-state index contributed by atoms with van der Waals surface area (Å²) >= 11 is 0. The van der Waals surface area contributed by atoms with Crippen LogP contribution in [0.15, 0.2) is 151 Å². The summed E-state index contributed by atoms with van der Waals surface area (Å²) in [7, 11) is 3.07. The number of aliphatic hydroxyl groups is 1. The smallest absolute Gasteiger partial charge is 0.330 e. The van der Waals surface area contributed by atoms with Crippen LogP contribution in [0.2, 0.25) is 0 Å². The van der Waals surface area contributed by atoms with Gasteiger partial charge in [0.25, 0.3) is 0 Å². The van der Waals surface area contributed by atoms with Crippen LogP contribution in [-0.2, 0) is 24.7 Å². The summed E-state index contributed by atoms with van der Waals surface area (Å²) in [6, 6.07) is 35.4. The number of allylic oxidation sites excluding steroid dienone is 2. The molecule has 10 nitrogen and oxygen atoms in total. The van der Waals surface area contributed by atoms with Crippen molar-refractivity contribution in [3.8, 4) is 11.5 Å². The molecule has 2 amide bonds. The lowest BCUT2D eigenvalue weighted by Crippen LogP contribution is -2.39. The van der Waals surface area contributed by atoms with Crippen molar-refractivity contribution >= 4 is 29.4 Å². The van der Waals surface area contributed by atoms with Gasteiger partial charge in [0.1, 0.15) is 6.61 Å². The van der Waals surface area contributed by atoms with Crippen LogP contribution < -0.4 is 9.47 Å². The van der Waals surface area contributed by atoms with Crippen molar-refractivity contribution in [2.45, 2.75) is 5.60 Å². The Balaban J connectivity index is 1.15. The molecule has 5 atom stereocenters. The monoisotopic (exact) mass is 745 g/mol. The fourth-order valence-electron chi connectivity index (χ4n) is 8.54. The molecule has 280 valence electrons. The zero-order chi connectivity index (χ0) is 38.8.